The third-order valence-electron chi connectivity index (χ3n) is 4.77. The van der Waals surface area contributed by atoms with Gasteiger partial charge in [0.2, 0.25) is 0 Å². The molecule has 2 amide bonds. The number of methoxy groups -OCH3 is 1. The summed E-state index contributed by atoms with van der Waals surface area (Å²) in [6.07, 6.45) is 1.22. The molecule has 24 heavy (non-hydrogen) atoms. The predicted molar refractivity (Wildman–Crippen MR) is 88.8 cm³/mol. The minimum Gasteiger partial charge on any atom is -0.467 e. The van der Waals surface area contributed by atoms with Crippen molar-refractivity contribution in [2.45, 2.75) is 37.9 Å². The lowest BCUT2D eigenvalue weighted by molar-refractivity contribution is -0.164. The molecule has 6 nitrogen and oxygen atoms in total. The SMILES string of the molecule is COC(=O)[C@H]1CN(C(=O)NC[C@H]2CCc3ccccc32)C[C@@H](C)O1. The number of hydrogen-bond donors (Lipinski definition) is 1. The Morgan fingerprint density at radius 3 is 2.92 bits per heavy atom. The number of carbonyl (C=O) groups is 2. The van der Waals surface area contributed by atoms with E-state index in [4.69, 9.17) is 9.47 Å². The summed E-state index contributed by atoms with van der Waals surface area (Å²) in [4.78, 5) is 25.8. The van der Waals surface area contributed by atoms with Gasteiger partial charge in [-0.15, -0.1) is 0 Å². The zero-order valence-corrected chi connectivity index (χ0v) is 14.2. The van der Waals surface area contributed by atoms with Crippen LogP contribution in [0.15, 0.2) is 24.3 Å². The lowest BCUT2D eigenvalue weighted by atomic mass is 10.0. The van der Waals surface area contributed by atoms with Gasteiger partial charge in [0, 0.05) is 19.0 Å². The van der Waals surface area contributed by atoms with Gasteiger partial charge in [-0.1, -0.05) is 24.3 Å². The molecule has 1 aromatic rings. The number of amides is 2. The number of morpholine rings is 1. The molecular weight excluding hydrogens is 308 g/mol. The number of nitrogens with zero attached hydrogens (tertiary/aromatic N) is 1. The first kappa shape index (κ1) is 16.8. The number of ether oxygens (including phenoxy) is 2. The number of rotatable bonds is 3. The van der Waals surface area contributed by atoms with E-state index >= 15 is 0 Å². The third-order valence-corrected chi connectivity index (χ3v) is 4.77. The first-order chi connectivity index (χ1) is 11.6. The van der Waals surface area contributed by atoms with Crippen LogP contribution in [-0.2, 0) is 20.7 Å². The van der Waals surface area contributed by atoms with E-state index in [1.54, 1.807) is 4.90 Å². The van der Waals surface area contributed by atoms with Crippen LogP contribution >= 0.6 is 0 Å². The maximum atomic E-state index is 12.5. The Morgan fingerprint density at radius 1 is 1.33 bits per heavy atom. The van der Waals surface area contributed by atoms with E-state index < -0.39 is 12.1 Å². The van der Waals surface area contributed by atoms with Gasteiger partial charge in [0.15, 0.2) is 6.10 Å². The number of carbonyl (C=O) groups excluding carboxylic acids is 2. The van der Waals surface area contributed by atoms with Crippen LogP contribution < -0.4 is 5.32 Å². The van der Waals surface area contributed by atoms with Gasteiger partial charge in [-0.3, -0.25) is 0 Å². The summed E-state index contributed by atoms with van der Waals surface area (Å²) < 4.78 is 10.3. The Morgan fingerprint density at radius 2 is 2.12 bits per heavy atom. The zero-order chi connectivity index (χ0) is 17.1. The second-order valence-electron chi connectivity index (χ2n) is 6.48. The van der Waals surface area contributed by atoms with E-state index in [0.717, 1.165) is 12.8 Å². The average molecular weight is 332 g/mol. The van der Waals surface area contributed by atoms with E-state index in [1.165, 1.54) is 18.2 Å². The molecule has 1 N–H and O–H groups in total. The third kappa shape index (κ3) is 3.53. The van der Waals surface area contributed by atoms with Crippen molar-refractivity contribution >= 4 is 12.0 Å². The molecule has 0 bridgehead atoms. The molecule has 0 aromatic heterocycles. The first-order valence-corrected chi connectivity index (χ1v) is 8.42. The molecule has 1 aliphatic carbocycles. The molecule has 6 heteroatoms. The second kappa shape index (κ2) is 7.21. The largest absolute Gasteiger partial charge is 0.467 e. The highest BCUT2D eigenvalue weighted by Gasteiger charge is 2.33. The Kier molecular flexibility index (Phi) is 5.04. The number of esters is 1. The Bertz CT molecular complexity index is 619. The predicted octanol–water partition coefficient (Wildman–Crippen LogP) is 1.69. The zero-order valence-electron chi connectivity index (χ0n) is 14.2. The van der Waals surface area contributed by atoms with E-state index in [9.17, 15) is 9.59 Å². The van der Waals surface area contributed by atoms with Crippen LogP contribution in [0.2, 0.25) is 0 Å². The number of nitrogens with one attached hydrogen (secondary N) is 1. The normalized spacial score (nSPS) is 25.9. The standard InChI is InChI=1S/C18H24N2O4/c1-12-10-20(11-16(24-12)17(21)23-2)18(22)19-9-14-8-7-13-5-3-4-6-15(13)14/h3-6,12,14,16H,7-11H2,1-2H3,(H,19,22)/t12-,14-,16-/m1/s1. The number of hydrogen-bond acceptors (Lipinski definition) is 4. The van der Waals surface area contributed by atoms with Gasteiger partial charge in [-0.25, -0.2) is 9.59 Å². The Hall–Kier alpha value is -2.08. The molecule has 3 atom stereocenters. The fourth-order valence-electron chi connectivity index (χ4n) is 3.56. The van der Waals surface area contributed by atoms with Crippen molar-refractivity contribution in [2.24, 2.45) is 0 Å². The van der Waals surface area contributed by atoms with Crippen molar-refractivity contribution in [1.82, 2.24) is 10.2 Å². The lowest BCUT2D eigenvalue weighted by Gasteiger charge is -2.35. The van der Waals surface area contributed by atoms with Gasteiger partial charge >= 0.3 is 12.0 Å². The summed E-state index contributed by atoms with van der Waals surface area (Å²) in [5, 5.41) is 3.01. The van der Waals surface area contributed by atoms with Gasteiger partial charge in [0.25, 0.3) is 0 Å². The summed E-state index contributed by atoms with van der Waals surface area (Å²) in [6, 6.07) is 8.25. The van der Waals surface area contributed by atoms with Crippen LogP contribution in [0, 0.1) is 0 Å². The van der Waals surface area contributed by atoms with Gasteiger partial charge < -0.3 is 19.7 Å². The van der Waals surface area contributed by atoms with Crippen LogP contribution in [0.25, 0.3) is 0 Å². The minimum absolute atomic E-state index is 0.150. The van der Waals surface area contributed by atoms with E-state index in [1.807, 2.05) is 13.0 Å². The van der Waals surface area contributed by atoms with Gasteiger partial charge in [-0.05, 0) is 30.9 Å². The highest BCUT2D eigenvalue weighted by molar-refractivity contribution is 5.78. The van der Waals surface area contributed by atoms with Crippen LogP contribution in [-0.4, -0.2) is 55.9 Å². The molecule has 0 saturated carbocycles. The van der Waals surface area contributed by atoms with Crippen molar-refractivity contribution in [3.05, 3.63) is 35.4 Å². The molecule has 0 unspecified atom stereocenters. The van der Waals surface area contributed by atoms with Crippen LogP contribution in [0.3, 0.4) is 0 Å². The molecule has 130 valence electrons. The monoisotopic (exact) mass is 332 g/mol. The van der Waals surface area contributed by atoms with E-state index in [2.05, 4.69) is 23.5 Å². The van der Waals surface area contributed by atoms with Gasteiger partial charge in [-0.2, -0.15) is 0 Å². The molecule has 0 radical (unpaired) electrons. The Balaban J connectivity index is 1.56. The van der Waals surface area contributed by atoms with Crippen LogP contribution in [0.5, 0.6) is 0 Å². The van der Waals surface area contributed by atoms with Crippen molar-refractivity contribution in [1.29, 1.82) is 0 Å². The molecule has 1 heterocycles. The molecule has 3 rings (SSSR count). The first-order valence-electron chi connectivity index (χ1n) is 8.42. The fourth-order valence-corrected chi connectivity index (χ4v) is 3.56. The topological polar surface area (TPSA) is 67.9 Å². The van der Waals surface area contributed by atoms with Crippen molar-refractivity contribution in [2.75, 3.05) is 26.7 Å². The summed E-state index contributed by atoms with van der Waals surface area (Å²) in [5.41, 5.74) is 2.71. The number of fused-ring (bicyclic) bond motifs is 1. The van der Waals surface area contributed by atoms with Crippen molar-refractivity contribution in [3.63, 3.8) is 0 Å². The van der Waals surface area contributed by atoms with Crippen molar-refractivity contribution in [3.8, 4) is 0 Å². The van der Waals surface area contributed by atoms with E-state index in [0.29, 0.717) is 19.0 Å². The highest BCUT2D eigenvalue weighted by atomic mass is 16.6. The molecule has 1 fully saturated rings. The van der Waals surface area contributed by atoms with Crippen LogP contribution in [0.1, 0.15) is 30.4 Å². The average Bonchev–Trinajstić information content (AvgIpc) is 3.01. The van der Waals surface area contributed by atoms with Crippen molar-refractivity contribution < 1.29 is 19.1 Å². The number of aryl methyl sites for hydroxylation is 1. The summed E-state index contributed by atoms with van der Waals surface area (Å²) in [5.74, 6) is -0.0795. The molecular formula is C18H24N2O4. The molecule has 1 saturated heterocycles. The van der Waals surface area contributed by atoms with Crippen LogP contribution in [0.4, 0.5) is 4.79 Å². The maximum absolute atomic E-state index is 12.5. The fraction of sp³-hybridized carbons (Fsp3) is 0.556. The number of urea groups is 1. The molecule has 2 aliphatic rings. The maximum Gasteiger partial charge on any atom is 0.336 e. The Labute approximate surface area is 142 Å². The van der Waals surface area contributed by atoms with Gasteiger partial charge in [0.05, 0.1) is 19.8 Å². The molecule has 1 aromatic carbocycles. The number of benzene rings is 1. The molecule has 1 aliphatic heterocycles. The molecule has 0 spiro atoms. The summed E-state index contributed by atoms with van der Waals surface area (Å²) >= 11 is 0. The highest BCUT2D eigenvalue weighted by Crippen LogP contribution is 2.32. The smallest absolute Gasteiger partial charge is 0.336 e. The second-order valence-corrected chi connectivity index (χ2v) is 6.48. The summed E-state index contributed by atoms with van der Waals surface area (Å²) in [7, 11) is 1.33. The summed E-state index contributed by atoms with van der Waals surface area (Å²) in [6.45, 7) is 3.16. The lowest BCUT2D eigenvalue weighted by Crippen LogP contribution is -2.55. The van der Waals surface area contributed by atoms with E-state index in [-0.39, 0.29) is 18.7 Å². The quantitative estimate of drug-likeness (QED) is 0.855. The van der Waals surface area contributed by atoms with Gasteiger partial charge in [0.1, 0.15) is 0 Å². The minimum atomic E-state index is -0.711.